The van der Waals surface area contributed by atoms with Crippen molar-refractivity contribution in [1.29, 1.82) is 0 Å². The van der Waals surface area contributed by atoms with Crippen molar-refractivity contribution in [3.63, 3.8) is 0 Å². The molecule has 3 N–H and O–H groups in total. The average molecular weight is 408 g/mol. The van der Waals surface area contributed by atoms with E-state index in [9.17, 15) is 9.18 Å². The molecule has 1 heterocycles. The van der Waals surface area contributed by atoms with Crippen LogP contribution in [0.4, 0.5) is 10.1 Å². The van der Waals surface area contributed by atoms with E-state index < -0.39 is 5.91 Å². The maximum Gasteiger partial charge on any atom is 0.262 e. The number of halogens is 2. The summed E-state index contributed by atoms with van der Waals surface area (Å²) in [6.07, 6.45) is 2.90. The second kappa shape index (κ2) is 8.70. The Bertz CT molecular complexity index is 890. The molecule has 0 saturated heterocycles. The van der Waals surface area contributed by atoms with Crippen LogP contribution >= 0.6 is 23.8 Å². The van der Waals surface area contributed by atoms with E-state index in [0.29, 0.717) is 41.0 Å². The van der Waals surface area contributed by atoms with Crippen LogP contribution in [0.5, 0.6) is 11.5 Å². The molecular weight excluding hydrogens is 393 g/mol. The summed E-state index contributed by atoms with van der Waals surface area (Å²) < 4.78 is 23.8. The average Bonchev–Trinajstić information content (AvgIpc) is 2.66. The van der Waals surface area contributed by atoms with E-state index in [1.807, 2.05) is 0 Å². The lowest BCUT2D eigenvalue weighted by Crippen LogP contribution is -2.43. The van der Waals surface area contributed by atoms with Crippen molar-refractivity contribution in [3.8, 4) is 11.5 Å². The van der Waals surface area contributed by atoms with Crippen molar-refractivity contribution in [2.75, 3.05) is 18.5 Å². The maximum atomic E-state index is 12.9. The molecule has 0 aliphatic carbocycles. The summed E-state index contributed by atoms with van der Waals surface area (Å²) in [7, 11) is 0. The van der Waals surface area contributed by atoms with E-state index in [1.54, 1.807) is 18.2 Å². The number of hydrazine groups is 1. The predicted molar refractivity (Wildman–Crippen MR) is 105 cm³/mol. The number of ether oxygens (including phenoxy) is 2. The van der Waals surface area contributed by atoms with Gasteiger partial charge in [0.05, 0.1) is 5.02 Å². The fourth-order valence-corrected chi connectivity index (χ4v) is 2.70. The van der Waals surface area contributed by atoms with Crippen molar-refractivity contribution in [3.05, 3.63) is 58.9 Å². The van der Waals surface area contributed by atoms with E-state index in [2.05, 4.69) is 16.2 Å². The molecular formula is C18H15ClFN3O3S. The second-order valence-electron chi connectivity index (χ2n) is 5.44. The fourth-order valence-electron chi connectivity index (χ4n) is 2.25. The molecule has 1 amide bonds. The van der Waals surface area contributed by atoms with Gasteiger partial charge < -0.3 is 14.8 Å². The molecule has 0 saturated carbocycles. The Labute approximate surface area is 165 Å². The Hall–Kier alpha value is -2.84. The topological polar surface area (TPSA) is 71.6 Å². The minimum atomic E-state index is -0.427. The van der Waals surface area contributed by atoms with Crippen LogP contribution in [0.1, 0.15) is 5.56 Å². The zero-order chi connectivity index (χ0) is 19.2. The van der Waals surface area contributed by atoms with Crippen LogP contribution in [-0.2, 0) is 4.79 Å². The molecule has 0 radical (unpaired) electrons. The second-order valence-corrected chi connectivity index (χ2v) is 6.25. The number of anilines is 1. The van der Waals surface area contributed by atoms with Crippen molar-refractivity contribution in [2.24, 2.45) is 0 Å². The maximum absolute atomic E-state index is 12.9. The predicted octanol–water partition coefficient (Wildman–Crippen LogP) is 3.28. The van der Waals surface area contributed by atoms with Gasteiger partial charge in [-0.05, 0) is 60.3 Å². The van der Waals surface area contributed by atoms with Gasteiger partial charge in [0.1, 0.15) is 19.0 Å². The summed E-state index contributed by atoms with van der Waals surface area (Å²) in [6.45, 7) is 0.890. The summed E-state index contributed by atoms with van der Waals surface area (Å²) in [5.41, 5.74) is 6.24. The highest BCUT2D eigenvalue weighted by Crippen LogP contribution is 2.38. The minimum Gasteiger partial charge on any atom is -0.486 e. The molecule has 1 aliphatic rings. The first-order valence-electron chi connectivity index (χ1n) is 7.91. The Morgan fingerprint density at radius 3 is 2.67 bits per heavy atom. The van der Waals surface area contributed by atoms with Gasteiger partial charge in [-0.1, -0.05) is 11.6 Å². The van der Waals surface area contributed by atoms with Crippen LogP contribution in [0.15, 0.2) is 42.5 Å². The minimum absolute atomic E-state index is 0.158. The Morgan fingerprint density at radius 1 is 1.15 bits per heavy atom. The third-order valence-corrected chi connectivity index (χ3v) is 3.93. The molecule has 140 valence electrons. The van der Waals surface area contributed by atoms with E-state index >= 15 is 0 Å². The van der Waals surface area contributed by atoms with Gasteiger partial charge in [0.15, 0.2) is 16.6 Å². The lowest BCUT2D eigenvalue weighted by Gasteiger charge is -2.19. The quantitative estimate of drug-likeness (QED) is 0.412. The lowest BCUT2D eigenvalue weighted by atomic mass is 10.1. The zero-order valence-corrected chi connectivity index (χ0v) is 15.5. The van der Waals surface area contributed by atoms with Crippen LogP contribution in [-0.4, -0.2) is 24.2 Å². The Kier molecular flexibility index (Phi) is 6.10. The van der Waals surface area contributed by atoms with Gasteiger partial charge in [-0.2, -0.15) is 0 Å². The zero-order valence-electron chi connectivity index (χ0n) is 13.9. The van der Waals surface area contributed by atoms with Crippen molar-refractivity contribution in [1.82, 2.24) is 10.9 Å². The molecule has 0 spiro atoms. The van der Waals surface area contributed by atoms with Crippen LogP contribution in [0.3, 0.4) is 0 Å². The molecule has 0 fully saturated rings. The van der Waals surface area contributed by atoms with Gasteiger partial charge in [-0.15, -0.1) is 0 Å². The molecule has 1 aliphatic heterocycles. The summed E-state index contributed by atoms with van der Waals surface area (Å²) in [4.78, 5) is 11.9. The highest BCUT2D eigenvalue weighted by Gasteiger charge is 2.15. The van der Waals surface area contributed by atoms with Crippen LogP contribution in [0, 0.1) is 5.82 Å². The fraction of sp³-hybridized carbons (Fsp3) is 0.111. The number of fused-ring (bicyclic) bond motifs is 1. The van der Waals surface area contributed by atoms with E-state index in [0.717, 1.165) is 0 Å². The lowest BCUT2D eigenvalue weighted by molar-refractivity contribution is -0.116. The Balaban J connectivity index is 1.52. The summed E-state index contributed by atoms with van der Waals surface area (Å²) in [5.74, 6) is 0.265. The summed E-state index contributed by atoms with van der Waals surface area (Å²) >= 11 is 11.2. The van der Waals surface area contributed by atoms with Crippen molar-refractivity contribution < 1.29 is 18.7 Å². The molecule has 0 aromatic heterocycles. The third-order valence-electron chi connectivity index (χ3n) is 3.45. The third kappa shape index (κ3) is 5.32. The number of nitrogens with one attached hydrogen (secondary N) is 3. The summed E-state index contributed by atoms with van der Waals surface area (Å²) in [6, 6.07) is 9.05. The first kappa shape index (κ1) is 18.9. The molecule has 3 rings (SSSR count). The number of hydrogen-bond donors (Lipinski definition) is 3. The first-order valence-corrected chi connectivity index (χ1v) is 8.69. The van der Waals surface area contributed by atoms with Crippen molar-refractivity contribution >= 4 is 46.6 Å². The van der Waals surface area contributed by atoms with Gasteiger partial charge in [0.25, 0.3) is 5.91 Å². The number of rotatable bonds is 3. The molecule has 2 aromatic rings. The normalized spacial score (nSPS) is 12.5. The number of carbonyl (C=O) groups is 1. The summed E-state index contributed by atoms with van der Waals surface area (Å²) in [5, 5.41) is 3.38. The molecule has 27 heavy (non-hydrogen) atoms. The molecule has 0 unspecified atom stereocenters. The SMILES string of the molecule is O=C(/C=C/c1cc(Cl)c2c(c1)OCCO2)NNC(=S)Nc1ccc(F)cc1. The molecule has 9 heteroatoms. The number of benzene rings is 2. The molecule has 6 nitrogen and oxygen atoms in total. The number of amides is 1. The smallest absolute Gasteiger partial charge is 0.262 e. The number of hydrogen-bond acceptors (Lipinski definition) is 4. The van der Waals surface area contributed by atoms with Gasteiger partial charge in [-0.3, -0.25) is 15.6 Å². The highest BCUT2D eigenvalue weighted by molar-refractivity contribution is 7.80. The molecule has 2 aromatic carbocycles. The standard InChI is InChI=1S/C18H15ClFN3O3S/c19-14-9-11(10-15-17(14)26-8-7-25-15)1-6-16(24)22-23-18(27)21-13-4-2-12(20)3-5-13/h1-6,9-10H,7-8H2,(H,22,24)(H2,21,23,27)/b6-1+. The largest absolute Gasteiger partial charge is 0.486 e. The van der Waals surface area contributed by atoms with Crippen molar-refractivity contribution in [2.45, 2.75) is 0 Å². The van der Waals surface area contributed by atoms with E-state index in [1.165, 1.54) is 30.3 Å². The van der Waals surface area contributed by atoms with Gasteiger partial charge in [0, 0.05) is 11.8 Å². The van der Waals surface area contributed by atoms with Gasteiger partial charge in [-0.25, -0.2) is 4.39 Å². The van der Waals surface area contributed by atoms with Gasteiger partial charge >= 0.3 is 0 Å². The number of carbonyl (C=O) groups excluding carboxylic acids is 1. The molecule has 0 atom stereocenters. The highest BCUT2D eigenvalue weighted by atomic mass is 35.5. The van der Waals surface area contributed by atoms with Gasteiger partial charge in [0.2, 0.25) is 0 Å². The monoisotopic (exact) mass is 407 g/mol. The number of thiocarbonyl (C=S) groups is 1. The van der Waals surface area contributed by atoms with Crippen LogP contribution in [0.2, 0.25) is 5.02 Å². The first-order chi connectivity index (χ1) is 13.0. The van der Waals surface area contributed by atoms with E-state index in [4.69, 9.17) is 33.3 Å². The Morgan fingerprint density at radius 2 is 1.89 bits per heavy atom. The molecule has 0 bridgehead atoms. The van der Waals surface area contributed by atoms with Crippen LogP contribution in [0.25, 0.3) is 6.08 Å². The van der Waals surface area contributed by atoms with E-state index in [-0.39, 0.29) is 10.9 Å². The van der Waals surface area contributed by atoms with Crippen LogP contribution < -0.4 is 25.6 Å².